The van der Waals surface area contributed by atoms with Gasteiger partial charge in [-0.15, -0.1) is 0 Å². The maximum atomic E-state index is 14.3. The van der Waals surface area contributed by atoms with Gasteiger partial charge in [-0.05, 0) is 66.2 Å². The van der Waals surface area contributed by atoms with Gasteiger partial charge in [0.2, 0.25) is 0 Å². The van der Waals surface area contributed by atoms with E-state index >= 15 is 0 Å². The highest BCUT2D eigenvalue weighted by Crippen LogP contribution is 2.24. The van der Waals surface area contributed by atoms with E-state index in [1.165, 1.54) is 23.0 Å². The Morgan fingerprint density at radius 2 is 2.14 bits per heavy atom. The quantitative estimate of drug-likeness (QED) is 0.543. The van der Waals surface area contributed by atoms with Crippen LogP contribution in [0.25, 0.3) is 11.0 Å². The van der Waals surface area contributed by atoms with Gasteiger partial charge in [-0.1, -0.05) is 0 Å². The molecule has 9 heteroatoms. The largest absolute Gasteiger partial charge is 0.352 e. The van der Waals surface area contributed by atoms with Crippen LogP contribution < -0.4 is 21.8 Å². The molecule has 0 aliphatic carbocycles. The normalized spacial score (nSPS) is 16.6. The third kappa shape index (κ3) is 3.55. The molecule has 2 aromatic heterocycles. The van der Waals surface area contributed by atoms with E-state index in [-0.39, 0.29) is 33.5 Å². The number of anilines is 2. The monoisotopic (exact) mass is 495 g/mol. The first-order chi connectivity index (χ1) is 13.4. The van der Waals surface area contributed by atoms with Crippen molar-refractivity contribution in [3.63, 3.8) is 0 Å². The number of fused-ring (bicyclic) bond motifs is 1. The van der Waals surface area contributed by atoms with E-state index in [9.17, 15) is 14.0 Å². The summed E-state index contributed by atoms with van der Waals surface area (Å²) < 4.78 is 18.0. The molecule has 0 spiro atoms. The maximum Gasteiger partial charge on any atom is 0.264 e. The van der Waals surface area contributed by atoms with Crippen molar-refractivity contribution in [3.05, 3.63) is 60.7 Å². The Balaban J connectivity index is 1.85. The predicted octanol–water partition coefficient (Wildman–Crippen LogP) is 2.19. The fraction of sp³-hybridized carbons (Fsp3) is 0.316. The highest BCUT2D eigenvalue weighted by Gasteiger charge is 2.19. The zero-order valence-corrected chi connectivity index (χ0v) is 17.4. The first-order valence-electron chi connectivity index (χ1n) is 8.96. The van der Waals surface area contributed by atoms with Gasteiger partial charge in [-0.3, -0.25) is 18.7 Å². The van der Waals surface area contributed by atoms with E-state index in [0.29, 0.717) is 12.5 Å². The van der Waals surface area contributed by atoms with E-state index in [4.69, 9.17) is 0 Å². The van der Waals surface area contributed by atoms with Gasteiger partial charge in [-0.2, -0.15) is 0 Å². The molecule has 7 nitrogen and oxygen atoms in total. The fourth-order valence-electron chi connectivity index (χ4n) is 3.48. The zero-order valence-electron chi connectivity index (χ0n) is 15.2. The van der Waals surface area contributed by atoms with Crippen molar-refractivity contribution in [2.75, 3.05) is 18.4 Å². The standard InChI is InChI=1S/C19H19FIN5O2/c1-25-16(27)7-15(24-14-3-2-12(21)6-13(14)20)17-18(25)23-10-26(19(17)28)9-11-4-5-22-8-11/h2-3,6-7,10-11,22,24H,4-5,8-9H2,1H3. The summed E-state index contributed by atoms with van der Waals surface area (Å²) in [5.74, 6) is -0.100. The van der Waals surface area contributed by atoms with Crippen LogP contribution in [0.2, 0.25) is 0 Å². The third-order valence-electron chi connectivity index (χ3n) is 5.02. The SMILES string of the molecule is Cn1c(=O)cc(Nc2ccc(I)cc2F)c2c(=O)n(CC3CCNC3)cnc21. The number of halogens is 2. The van der Waals surface area contributed by atoms with Crippen LogP contribution in [-0.4, -0.2) is 27.2 Å². The molecule has 0 bridgehead atoms. The van der Waals surface area contributed by atoms with Gasteiger partial charge in [0.1, 0.15) is 11.2 Å². The van der Waals surface area contributed by atoms with Crippen molar-refractivity contribution in [2.24, 2.45) is 13.0 Å². The molecule has 1 aromatic carbocycles. The number of nitrogens with one attached hydrogen (secondary N) is 2. The number of aryl methyl sites for hydroxylation is 1. The molecule has 1 fully saturated rings. The van der Waals surface area contributed by atoms with E-state index < -0.39 is 5.82 Å². The number of rotatable bonds is 4. The molecule has 1 atom stereocenters. The molecule has 1 unspecified atom stereocenters. The second-order valence-corrected chi connectivity index (χ2v) is 8.21. The first-order valence-corrected chi connectivity index (χ1v) is 10.0. The Bertz CT molecular complexity index is 1170. The van der Waals surface area contributed by atoms with Crippen molar-refractivity contribution in [2.45, 2.75) is 13.0 Å². The molecule has 1 saturated heterocycles. The summed E-state index contributed by atoms with van der Waals surface area (Å²) in [6, 6.07) is 6.03. The molecule has 146 valence electrons. The smallest absolute Gasteiger partial charge is 0.264 e. The second kappa shape index (κ2) is 7.63. The molecule has 0 amide bonds. The fourth-order valence-corrected chi connectivity index (χ4v) is 3.93. The Morgan fingerprint density at radius 3 is 2.86 bits per heavy atom. The molecule has 3 heterocycles. The van der Waals surface area contributed by atoms with Crippen LogP contribution >= 0.6 is 22.6 Å². The molecular formula is C19H19FIN5O2. The van der Waals surface area contributed by atoms with Gasteiger partial charge in [0, 0.05) is 23.2 Å². The summed E-state index contributed by atoms with van der Waals surface area (Å²) in [6.45, 7) is 2.35. The minimum absolute atomic E-state index is 0.199. The first kappa shape index (κ1) is 19.1. The minimum atomic E-state index is -0.457. The Hall–Kier alpha value is -2.27. The Morgan fingerprint density at radius 1 is 1.32 bits per heavy atom. The summed E-state index contributed by atoms with van der Waals surface area (Å²) in [7, 11) is 1.57. The molecular weight excluding hydrogens is 476 g/mol. The van der Waals surface area contributed by atoms with Crippen molar-refractivity contribution in [1.82, 2.24) is 19.4 Å². The summed E-state index contributed by atoms with van der Waals surface area (Å²) in [5, 5.41) is 6.47. The molecule has 0 saturated carbocycles. The highest BCUT2D eigenvalue weighted by atomic mass is 127. The van der Waals surface area contributed by atoms with Crippen molar-refractivity contribution >= 4 is 45.0 Å². The maximum absolute atomic E-state index is 14.3. The van der Waals surface area contributed by atoms with Crippen molar-refractivity contribution in [1.29, 1.82) is 0 Å². The Kier molecular flexibility index (Phi) is 5.19. The summed E-state index contributed by atoms with van der Waals surface area (Å²) in [5.41, 5.74) is 0.151. The summed E-state index contributed by atoms with van der Waals surface area (Å²) >= 11 is 2.02. The number of benzene rings is 1. The number of pyridine rings is 1. The third-order valence-corrected chi connectivity index (χ3v) is 5.69. The van der Waals surface area contributed by atoms with E-state index in [1.807, 2.05) is 22.6 Å². The topological polar surface area (TPSA) is 81.0 Å². The molecule has 28 heavy (non-hydrogen) atoms. The number of aromatic nitrogens is 3. The lowest BCUT2D eigenvalue weighted by Gasteiger charge is -2.15. The summed E-state index contributed by atoms with van der Waals surface area (Å²) in [6.07, 6.45) is 2.48. The van der Waals surface area contributed by atoms with Gasteiger partial charge in [0.15, 0.2) is 5.65 Å². The van der Waals surface area contributed by atoms with Crippen LogP contribution in [0.1, 0.15) is 6.42 Å². The van der Waals surface area contributed by atoms with Crippen LogP contribution in [0.4, 0.5) is 15.8 Å². The van der Waals surface area contributed by atoms with Gasteiger partial charge in [-0.25, -0.2) is 9.37 Å². The minimum Gasteiger partial charge on any atom is -0.352 e. The average Bonchev–Trinajstić information content (AvgIpc) is 3.16. The second-order valence-electron chi connectivity index (χ2n) is 6.96. The highest BCUT2D eigenvalue weighted by molar-refractivity contribution is 14.1. The number of hydrogen-bond acceptors (Lipinski definition) is 5. The van der Waals surface area contributed by atoms with E-state index in [2.05, 4.69) is 15.6 Å². The lowest BCUT2D eigenvalue weighted by molar-refractivity contribution is 0.469. The lowest BCUT2D eigenvalue weighted by Crippen LogP contribution is -2.29. The van der Waals surface area contributed by atoms with Crippen LogP contribution in [0, 0.1) is 15.3 Å². The van der Waals surface area contributed by atoms with E-state index in [0.717, 1.165) is 23.1 Å². The average molecular weight is 495 g/mol. The molecule has 2 N–H and O–H groups in total. The molecule has 1 aliphatic heterocycles. The van der Waals surface area contributed by atoms with Crippen LogP contribution in [0.15, 0.2) is 40.2 Å². The number of nitrogens with zero attached hydrogens (tertiary/aromatic N) is 3. The van der Waals surface area contributed by atoms with Gasteiger partial charge in [0.05, 0.1) is 17.7 Å². The van der Waals surface area contributed by atoms with E-state index in [1.54, 1.807) is 23.7 Å². The van der Waals surface area contributed by atoms with Gasteiger partial charge in [0.25, 0.3) is 11.1 Å². The van der Waals surface area contributed by atoms with Crippen molar-refractivity contribution in [3.8, 4) is 0 Å². The van der Waals surface area contributed by atoms with Gasteiger partial charge < -0.3 is 10.6 Å². The van der Waals surface area contributed by atoms with Crippen molar-refractivity contribution < 1.29 is 4.39 Å². The molecule has 4 rings (SSSR count). The molecule has 0 radical (unpaired) electrons. The Labute approximate surface area is 173 Å². The van der Waals surface area contributed by atoms with Gasteiger partial charge >= 0.3 is 0 Å². The number of hydrogen-bond donors (Lipinski definition) is 2. The lowest BCUT2D eigenvalue weighted by atomic mass is 10.1. The predicted molar refractivity (Wildman–Crippen MR) is 115 cm³/mol. The zero-order chi connectivity index (χ0) is 19.8. The summed E-state index contributed by atoms with van der Waals surface area (Å²) in [4.78, 5) is 29.9. The van der Waals surface area contributed by atoms with Crippen LogP contribution in [0.3, 0.4) is 0 Å². The van der Waals surface area contributed by atoms with Crippen LogP contribution in [-0.2, 0) is 13.6 Å². The molecule has 1 aliphatic rings. The van der Waals surface area contributed by atoms with Crippen LogP contribution in [0.5, 0.6) is 0 Å². The molecule has 3 aromatic rings.